The van der Waals surface area contributed by atoms with Crippen molar-refractivity contribution in [3.05, 3.63) is 58.6 Å². The number of nitrogens with one attached hydrogen (secondary N) is 1. The Morgan fingerprint density at radius 1 is 1.17 bits per heavy atom. The molecule has 2 aromatic carbocycles. The summed E-state index contributed by atoms with van der Waals surface area (Å²) in [7, 11) is 0. The van der Waals surface area contributed by atoms with Gasteiger partial charge in [0.05, 0.1) is 22.9 Å². The van der Waals surface area contributed by atoms with Gasteiger partial charge in [-0.2, -0.15) is 13.2 Å². The van der Waals surface area contributed by atoms with Crippen molar-refractivity contribution in [1.82, 2.24) is 0 Å². The molecule has 0 aliphatic heterocycles. The summed E-state index contributed by atoms with van der Waals surface area (Å²) >= 11 is 5.81. The molecule has 0 aliphatic carbocycles. The minimum atomic E-state index is -4.49. The first kappa shape index (κ1) is 18.1. The molecule has 0 saturated heterocycles. The molecule has 0 aliphatic rings. The zero-order chi connectivity index (χ0) is 17.7. The maximum atomic E-state index is 12.6. The van der Waals surface area contributed by atoms with Gasteiger partial charge in [-0.1, -0.05) is 18.5 Å². The normalized spacial score (nSPS) is 11.2. The third kappa shape index (κ3) is 4.64. The number of benzene rings is 2. The Morgan fingerprint density at radius 2 is 1.83 bits per heavy atom. The molecular weight excluding hydrogens is 343 g/mol. The number of hydrogen-bond acceptors (Lipinski definition) is 2. The van der Waals surface area contributed by atoms with Gasteiger partial charge in [-0.05, 0) is 48.9 Å². The molecular formula is C17H15ClF3NO2. The van der Waals surface area contributed by atoms with E-state index in [2.05, 4.69) is 5.32 Å². The van der Waals surface area contributed by atoms with Gasteiger partial charge in [-0.15, -0.1) is 0 Å². The van der Waals surface area contributed by atoms with Crippen LogP contribution < -0.4 is 10.1 Å². The number of alkyl halides is 3. The van der Waals surface area contributed by atoms with Gasteiger partial charge in [0, 0.05) is 5.56 Å². The molecule has 1 N–H and O–H groups in total. The largest absolute Gasteiger partial charge is 0.494 e. The highest BCUT2D eigenvalue weighted by molar-refractivity contribution is 6.34. The highest BCUT2D eigenvalue weighted by Gasteiger charge is 2.31. The van der Waals surface area contributed by atoms with Gasteiger partial charge in [0.1, 0.15) is 5.75 Å². The zero-order valence-electron chi connectivity index (χ0n) is 12.8. The SMILES string of the molecule is CCCOc1ccc(C(=O)Nc2ccc(C(F)(F)F)cc2Cl)cc1. The first-order chi connectivity index (χ1) is 11.3. The van der Waals surface area contributed by atoms with Crippen LogP contribution in [0, 0.1) is 0 Å². The van der Waals surface area contributed by atoms with Crippen molar-refractivity contribution < 1.29 is 22.7 Å². The molecule has 0 spiro atoms. The van der Waals surface area contributed by atoms with Gasteiger partial charge in [-0.3, -0.25) is 4.79 Å². The highest BCUT2D eigenvalue weighted by Crippen LogP contribution is 2.33. The number of amides is 1. The lowest BCUT2D eigenvalue weighted by molar-refractivity contribution is -0.137. The lowest BCUT2D eigenvalue weighted by Crippen LogP contribution is -2.13. The summed E-state index contributed by atoms with van der Waals surface area (Å²) in [5.41, 5.74) is -0.418. The van der Waals surface area contributed by atoms with Crippen molar-refractivity contribution in [3.8, 4) is 5.75 Å². The summed E-state index contributed by atoms with van der Waals surface area (Å²) in [6, 6.07) is 9.21. The molecule has 2 rings (SSSR count). The minimum absolute atomic E-state index is 0.112. The van der Waals surface area contributed by atoms with Crippen LogP contribution in [0.15, 0.2) is 42.5 Å². The fraction of sp³-hybridized carbons (Fsp3) is 0.235. The molecule has 0 saturated carbocycles. The van der Waals surface area contributed by atoms with E-state index in [0.29, 0.717) is 17.9 Å². The lowest BCUT2D eigenvalue weighted by Gasteiger charge is -2.11. The van der Waals surface area contributed by atoms with Crippen LogP contribution in [0.2, 0.25) is 5.02 Å². The van der Waals surface area contributed by atoms with E-state index in [-0.39, 0.29) is 10.7 Å². The third-order valence-corrected chi connectivity index (χ3v) is 3.45. The first-order valence-electron chi connectivity index (χ1n) is 7.22. The van der Waals surface area contributed by atoms with Gasteiger partial charge in [0.2, 0.25) is 0 Å². The smallest absolute Gasteiger partial charge is 0.416 e. The van der Waals surface area contributed by atoms with Crippen LogP contribution in [0.1, 0.15) is 29.3 Å². The second kappa shape index (κ2) is 7.57. The van der Waals surface area contributed by atoms with Crippen molar-refractivity contribution >= 4 is 23.2 Å². The van der Waals surface area contributed by atoms with E-state index in [1.54, 1.807) is 24.3 Å². The predicted molar refractivity (Wildman–Crippen MR) is 86.6 cm³/mol. The Hall–Kier alpha value is -2.21. The predicted octanol–water partition coefficient (Wildman–Crippen LogP) is 5.40. The standard InChI is InChI=1S/C17H15ClF3NO2/c1-2-9-24-13-6-3-11(4-7-13)16(23)22-15-8-5-12(10-14(15)18)17(19,20)21/h3-8,10H,2,9H2,1H3,(H,22,23). The fourth-order valence-electron chi connectivity index (χ4n) is 1.91. The van der Waals surface area contributed by atoms with Crippen LogP contribution in [0.4, 0.5) is 18.9 Å². The van der Waals surface area contributed by atoms with Crippen molar-refractivity contribution in [2.75, 3.05) is 11.9 Å². The number of anilines is 1. The topological polar surface area (TPSA) is 38.3 Å². The maximum absolute atomic E-state index is 12.6. The molecule has 24 heavy (non-hydrogen) atoms. The van der Waals surface area contributed by atoms with Crippen molar-refractivity contribution in [3.63, 3.8) is 0 Å². The number of hydrogen-bond donors (Lipinski definition) is 1. The Bertz CT molecular complexity index is 715. The molecule has 0 bridgehead atoms. The molecule has 0 atom stereocenters. The molecule has 0 unspecified atom stereocenters. The summed E-state index contributed by atoms with van der Waals surface area (Å²) in [4.78, 5) is 12.1. The van der Waals surface area contributed by atoms with Crippen molar-refractivity contribution in [1.29, 1.82) is 0 Å². The van der Waals surface area contributed by atoms with Crippen LogP contribution in [-0.2, 0) is 6.18 Å². The van der Waals surface area contributed by atoms with Crippen LogP contribution in [0.3, 0.4) is 0 Å². The maximum Gasteiger partial charge on any atom is 0.416 e. The molecule has 7 heteroatoms. The van der Waals surface area contributed by atoms with E-state index in [9.17, 15) is 18.0 Å². The molecule has 2 aromatic rings. The van der Waals surface area contributed by atoms with E-state index in [1.807, 2.05) is 6.92 Å². The van der Waals surface area contributed by atoms with Crippen LogP contribution >= 0.6 is 11.6 Å². The van der Waals surface area contributed by atoms with E-state index < -0.39 is 17.6 Å². The number of carbonyl (C=O) groups is 1. The van der Waals surface area contributed by atoms with Crippen LogP contribution in [0.25, 0.3) is 0 Å². The van der Waals surface area contributed by atoms with E-state index >= 15 is 0 Å². The average molecular weight is 358 g/mol. The highest BCUT2D eigenvalue weighted by atomic mass is 35.5. The number of rotatable bonds is 5. The summed E-state index contributed by atoms with van der Waals surface area (Å²) in [5.74, 6) is 0.166. The number of ether oxygens (including phenoxy) is 1. The Kier molecular flexibility index (Phi) is 5.72. The summed E-state index contributed by atoms with van der Waals surface area (Å²) in [5, 5.41) is 2.31. The molecule has 0 aromatic heterocycles. The second-order valence-corrected chi connectivity index (χ2v) is 5.43. The quantitative estimate of drug-likeness (QED) is 0.778. The molecule has 128 valence electrons. The Balaban J connectivity index is 2.09. The van der Waals surface area contributed by atoms with Crippen molar-refractivity contribution in [2.24, 2.45) is 0 Å². The Labute approximate surface area is 142 Å². The fourth-order valence-corrected chi connectivity index (χ4v) is 2.14. The van der Waals surface area contributed by atoms with Crippen molar-refractivity contribution in [2.45, 2.75) is 19.5 Å². The number of halogens is 4. The molecule has 0 heterocycles. The summed E-state index contributed by atoms with van der Waals surface area (Å²) < 4.78 is 43.2. The monoisotopic (exact) mass is 357 g/mol. The molecule has 1 amide bonds. The minimum Gasteiger partial charge on any atom is -0.494 e. The first-order valence-corrected chi connectivity index (χ1v) is 7.60. The third-order valence-electron chi connectivity index (χ3n) is 3.13. The second-order valence-electron chi connectivity index (χ2n) is 5.02. The molecule has 3 nitrogen and oxygen atoms in total. The van der Waals surface area contributed by atoms with E-state index in [4.69, 9.17) is 16.3 Å². The lowest BCUT2D eigenvalue weighted by atomic mass is 10.1. The van der Waals surface area contributed by atoms with Crippen LogP contribution in [-0.4, -0.2) is 12.5 Å². The van der Waals surface area contributed by atoms with Gasteiger partial charge in [-0.25, -0.2) is 0 Å². The van der Waals surface area contributed by atoms with Gasteiger partial charge in [0.15, 0.2) is 0 Å². The molecule has 0 radical (unpaired) electrons. The summed E-state index contributed by atoms with van der Waals surface area (Å²) in [6.45, 7) is 2.56. The van der Waals surface area contributed by atoms with Crippen LogP contribution in [0.5, 0.6) is 5.75 Å². The van der Waals surface area contributed by atoms with Gasteiger partial charge in [0.25, 0.3) is 5.91 Å². The van der Waals surface area contributed by atoms with E-state index in [0.717, 1.165) is 24.6 Å². The zero-order valence-corrected chi connectivity index (χ0v) is 13.5. The van der Waals surface area contributed by atoms with E-state index in [1.165, 1.54) is 0 Å². The number of carbonyl (C=O) groups excluding carboxylic acids is 1. The summed E-state index contributed by atoms with van der Waals surface area (Å²) in [6.07, 6.45) is -3.62. The Morgan fingerprint density at radius 3 is 2.38 bits per heavy atom. The van der Waals surface area contributed by atoms with Gasteiger partial charge >= 0.3 is 6.18 Å². The molecule has 0 fully saturated rings. The average Bonchev–Trinajstić information content (AvgIpc) is 2.54. The van der Waals surface area contributed by atoms with Gasteiger partial charge < -0.3 is 10.1 Å².